The van der Waals surface area contributed by atoms with Crippen molar-refractivity contribution in [1.82, 2.24) is 9.55 Å². The second-order valence-electron chi connectivity index (χ2n) is 6.55. The van der Waals surface area contributed by atoms with Crippen LogP contribution in [0.3, 0.4) is 0 Å². The van der Waals surface area contributed by atoms with Gasteiger partial charge in [0.2, 0.25) is 5.88 Å². The molecule has 0 atom stereocenters. The number of aromatic amines is 1. The first-order valence-electron chi connectivity index (χ1n) is 9.58. The predicted octanol–water partition coefficient (Wildman–Crippen LogP) is 4.53. The van der Waals surface area contributed by atoms with Crippen molar-refractivity contribution in [3.8, 4) is 5.88 Å². The van der Waals surface area contributed by atoms with Crippen LogP contribution in [0, 0.1) is 4.77 Å². The molecule has 8 heteroatoms. The number of rotatable bonds is 8. The second kappa shape index (κ2) is 10.00. The van der Waals surface area contributed by atoms with E-state index in [1.54, 1.807) is 7.11 Å². The number of methoxy groups -OCH3 is 1. The Bertz CT molecular complexity index is 1140. The lowest BCUT2D eigenvalue weighted by atomic mass is 10.1. The first-order chi connectivity index (χ1) is 14.5. The number of nitrogens with zero attached hydrogens (tertiary/aromatic N) is 2. The van der Waals surface area contributed by atoms with Crippen molar-refractivity contribution in [2.24, 2.45) is 4.99 Å². The molecule has 0 saturated carbocycles. The zero-order chi connectivity index (χ0) is 21.5. The number of benzene rings is 2. The van der Waals surface area contributed by atoms with Crippen LogP contribution in [0.15, 0.2) is 64.4 Å². The van der Waals surface area contributed by atoms with Crippen LogP contribution in [0.4, 0.5) is 17.1 Å². The number of H-pyrrole nitrogens is 1. The lowest BCUT2D eigenvalue weighted by molar-refractivity contribution is 0.182. The van der Waals surface area contributed by atoms with Gasteiger partial charge in [-0.15, -0.1) is 0 Å². The quantitative estimate of drug-likeness (QED) is 0.365. The summed E-state index contributed by atoms with van der Waals surface area (Å²) < 4.78 is 6.64. The van der Waals surface area contributed by atoms with Gasteiger partial charge in [-0.2, -0.15) is 0 Å². The molecule has 1 heterocycles. The standard InChI is InChI=1S/C22H24N4O3S/c1-3-18(19-20(27)25-22(30)26(21(19)28)13-14-29-2)24-17-11-9-16(10-12-17)23-15-7-5-4-6-8-15/h4-12,23,28H,3,13-14H2,1-2H3,(H,25,27,30). The van der Waals surface area contributed by atoms with Crippen LogP contribution < -0.4 is 10.9 Å². The maximum absolute atomic E-state index is 12.5. The van der Waals surface area contributed by atoms with Crippen LogP contribution in [0.2, 0.25) is 0 Å². The fourth-order valence-corrected chi connectivity index (χ4v) is 3.26. The van der Waals surface area contributed by atoms with Crippen LogP contribution in [-0.4, -0.2) is 34.1 Å². The molecule has 0 aliphatic heterocycles. The fourth-order valence-electron chi connectivity index (χ4n) is 2.98. The van der Waals surface area contributed by atoms with Gasteiger partial charge in [0.05, 0.1) is 24.6 Å². The molecule has 0 spiro atoms. The maximum Gasteiger partial charge on any atom is 0.264 e. The SMILES string of the molecule is CCC(=Nc1ccc(Nc2ccccc2)cc1)c1c(O)n(CCOC)c(=S)[nH]c1=O. The Labute approximate surface area is 179 Å². The van der Waals surface area contributed by atoms with E-state index in [1.165, 1.54) is 4.57 Å². The summed E-state index contributed by atoms with van der Waals surface area (Å²) in [5.41, 5.74) is 2.72. The van der Waals surface area contributed by atoms with E-state index in [9.17, 15) is 9.90 Å². The summed E-state index contributed by atoms with van der Waals surface area (Å²) in [5.74, 6) is -0.205. The van der Waals surface area contributed by atoms with Gasteiger partial charge in [0.25, 0.3) is 5.56 Å². The summed E-state index contributed by atoms with van der Waals surface area (Å²) in [6.45, 7) is 2.55. The van der Waals surface area contributed by atoms with Gasteiger partial charge in [-0.1, -0.05) is 25.1 Å². The van der Waals surface area contributed by atoms with E-state index in [4.69, 9.17) is 17.0 Å². The largest absolute Gasteiger partial charge is 0.494 e. The molecule has 3 N–H and O–H groups in total. The van der Waals surface area contributed by atoms with E-state index in [1.807, 2.05) is 61.5 Å². The van der Waals surface area contributed by atoms with Crippen LogP contribution in [0.5, 0.6) is 5.88 Å². The molecule has 0 radical (unpaired) electrons. The molecule has 1 aromatic heterocycles. The minimum Gasteiger partial charge on any atom is -0.494 e. The minimum atomic E-state index is -0.464. The molecule has 0 fully saturated rings. The number of aromatic nitrogens is 2. The third kappa shape index (κ3) is 5.03. The summed E-state index contributed by atoms with van der Waals surface area (Å²) in [4.78, 5) is 19.7. The third-order valence-electron chi connectivity index (χ3n) is 4.51. The average molecular weight is 425 g/mol. The number of anilines is 2. The van der Waals surface area contributed by atoms with Crippen LogP contribution in [-0.2, 0) is 11.3 Å². The molecule has 0 aliphatic rings. The van der Waals surface area contributed by atoms with E-state index >= 15 is 0 Å². The number of aliphatic imine (C=N–C) groups is 1. The highest BCUT2D eigenvalue weighted by Crippen LogP contribution is 2.23. The van der Waals surface area contributed by atoms with E-state index in [-0.39, 0.29) is 16.2 Å². The van der Waals surface area contributed by atoms with E-state index < -0.39 is 5.56 Å². The van der Waals surface area contributed by atoms with Crippen molar-refractivity contribution in [3.05, 3.63) is 75.3 Å². The van der Waals surface area contributed by atoms with Gasteiger partial charge in [-0.05, 0) is 55.0 Å². The predicted molar refractivity (Wildman–Crippen MR) is 122 cm³/mol. The van der Waals surface area contributed by atoms with Crippen LogP contribution in [0.1, 0.15) is 18.9 Å². The van der Waals surface area contributed by atoms with Crippen molar-refractivity contribution in [2.75, 3.05) is 19.0 Å². The van der Waals surface area contributed by atoms with Gasteiger partial charge in [-0.25, -0.2) is 0 Å². The second-order valence-corrected chi connectivity index (χ2v) is 6.94. The molecular weight excluding hydrogens is 400 g/mol. The Kier molecular flexibility index (Phi) is 7.16. The van der Waals surface area contributed by atoms with Crippen molar-refractivity contribution in [3.63, 3.8) is 0 Å². The number of nitrogens with one attached hydrogen (secondary N) is 2. The molecule has 0 aliphatic carbocycles. The lowest BCUT2D eigenvalue weighted by Crippen LogP contribution is -2.23. The maximum atomic E-state index is 12.5. The summed E-state index contributed by atoms with van der Waals surface area (Å²) >= 11 is 5.17. The Morgan fingerprint density at radius 2 is 1.83 bits per heavy atom. The average Bonchev–Trinajstić information content (AvgIpc) is 2.74. The summed E-state index contributed by atoms with van der Waals surface area (Å²) in [7, 11) is 1.56. The zero-order valence-electron chi connectivity index (χ0n) is 16.9. The number of para-hydroxylation sites is 1. The Balaban J connectivity index is 1.92. The van der Waals surface area contributed by atoms with Gasteiger partial charge >= 0.3 is 0 Å². The summed E-state index contributed by atoms with van der Waals surface area (Å²) in [5, 5.41) is 14.0. The molecule has 2 aromatic carbocycles. The molecule has 0 saturated heterocycles. The zero-order valence-corrected chi connectivity index (χ0v) is 17.7. The Morgan fingerprint density at radius 3 is 2.47 bits per heavy atom. The Hall–Kier alpha value is -3.23. The summed E-state index contributed by atoms with van der Waals surface area (Å²) in [6.07, 6.45) is 0.460. The molecule has 0 unspecified atom stereocenters. The normalized spacial score (nSPS) is 11.5. The first-order valence-corrected chi connectivity index (χ1v) is 9.99. The molecule has 156 valence electrons. The number of aromatic hydroxyl groups is 1. The Morgan fingerprint density at radius 1 is 1.17 bits per heavy atom. The monoisotopic (exact) mass is 424 g/mol. The highest BCUT2D eigenvalue weighted by Gasteiger charge is 2.17. The molecule has 0 amide bonds. The molecule has 3 aromatic rings. The lowest BCUT2D eigenvalue weighted by Gasteiger charge is -2.13. The first kappa shape index (κ1) is 21.5. The molecular formula is C22H24N4O3S. The molecule has 3 rings (SSSR count). The highest BCUT2D eigenvalue weighted by molar-refractivity contribution is 7.71. The summed E-state index contributed by atoms with van der Waals surface area (Å²) in [6, 6.07) is 17.4. The minimum absolute atomic E-state index is 0.119. The van der Waals surface area contributed by atoms with Crippen molar-refractivity contribution in [2.45, 2.75) is 19.9 Å². The van der Waals surface area contributed by atoms with Gasteiger partial charge in [-0.3, -0.25) is 19.3 Å². The third-order valence-corrected chi connectivity index (χ3v) is 4.83. The van der Waals surface area contributed by atoms with E-state index in [2.05, 4.69) is 15.3 Å². The van der Waals surface area contributed by atoms with Crippen molar-refractivity contribution >= 4 is 35.0 Å². The van der Waals surface area contributed by atoms with Crippen molar-refractivity contribution < 1.29 is 9.84 Å². The van der Waals surface area contributed by atoms with Gasteiger partial charge in [0.1, 0.15) is 5.56 Å². The van der Waals surface area contributed by atoms with Crippen LogP contribution >= 0.6 is 12.2 Å². The number of ether oxygens (including phenoxy) is 1. The van der Waals surface area contributed by atoms with E-state index in [0.29, 0.717) is 31.0 Å². The number of hydrogen-bond donors (Lipinski definition) is 3. The van der Waals surface area contributed by atoms with Gasteiger partial charge in [0, 0.05) is 18.5 Å². The molecule has 7 nitrogen and oxygen atoms in total. The van der Waals surface area contributed by atoms with E-state index in [0.717, 1.165) is 11.4 Å². The topological polar surface area (TPSA) is 91.6 Å². The van der Waals surface area contributed by atoms with Crippen LogP contribution in [0.25, 0.3) is 0 Å². The van der Waals surface area contributed by atoms with Gasteiger partial charge in [0.15, 0.2) is 4.77 Å². The fraction of sp³-hybridized carbons (Fsp3) is 0.227. The van der Waals surface area contributed by atoms with Crippen molar-refractivity contribution in [1.29, 1.82) is 0 Å². The molecule has 0 bridgehead atoms. The smallest absolute Gasteiger partial charge is 0.264 e. The number of hydrogen-bond acceptors (Lipinski definition) is 6. The molecule has 30 heavy (non-hydrogen) atoms. The highest BCUT2D eigenvalue weighted by atomic mass is 32.1. The van der Waals surface area contributed by atoms with Gasteiger partial charge < -0.3 is 15.2 Å².